The lowest BCUT2D eigenvalue weighted by molar-refractivity contribution is -0.139. The number of rotatable bonds is 11. The number of halogens is 2. The zero-order chi connectivity index (χ0) is 24.8. The normalized spacial score (nSPS) is 19.6. The summed E-state index contributed by atoms with van der Waals surface area (Å²) in [6.45, 7) is 2.46. The van der Waals surface area contributed by atoms with Gasteiger partial charge in [0.1, 0.15) is 17.7 Å². The van der Waals surface area contributed by atoms with E-state index in [0.29, 0.717) is 29.6 Å². The Morgan fingerprint density at radius 1 is 1.37 bits per heavy atom. The van der Waals surface area contributed by atoms with Gasteiger partial charge in [-0.2, -0.15) is 0 Å². The molecular weight excluding hydrogens is 490 g/mol. The highest BCUT2D eigenvalue weighted by molar-refractivity contribution is 8.01. The minimum absolute atomic E-state index is 0.00622. The van der Waals surface area contributed by atoms with Crippen LogP contribution in [-0.4, -0.2) is 53.5 Å². The molecule has 0 spiro atoms. The molecule has 9 heteroatoms. The highest BCUT2D eigenvalue weighted by atomic mass is 32.2. The highest BCUT2D eigenvalue weighted by Crippen LogP contribution is 2.37. The van der Waals surface area contributed by atoms with E-state index in [1.165, 1.54) is 11.3 Å². The van der Waals surface area contributed by atoms with Gasteiger partial charge in [0.25, 0.3) is 0 Å². The van der Waals surface area contributed by atoms with Gasteiger partial charge in [-0.3, -0.25) is 9.78 Å². The first-order chi connectivity index (χ1) is 16.9. The maximum absolute atomic E-state index is 15.4. The molecule has 4 rings (SSSR count). The molecule has 2 aromatic heterocycles. The van der Waals surface area contributed by atoms with Crippen molar-refractivity contribution >= 4 is 40.0 Å². The lowest BCUT2D eigenvalue weighted by atomic mass is 9.79. The molecule has 3 heterocycles. The van der Waals surface area contributed by atoms with Crippen LogP contribution in [0.3, 0.4) is 0 Å². The number of carbonyl (C=O) groups is 1. The van der Waals surface area contributed by atoms with Crippen LogP contribution >= 0.6 is 23.1 Å². The number of piperidine rings is 1. The molecule has 1 aliphatic heterocycles. The van der Waals surface area contributed by atoms with Crippen molar-refractivity contribution in [1.82, 2.24) is 9.88 Å². The molecule has 1 saturated heterocycles. The van der Waals surface area contributed by atoms with Gasteiger partial charge in [-0.15, -0.1) is 23.1 Å². The van der Waals surface area contributed by atoms with Crippen molar-refractivity contribution in [3.63, 3.8) is 0 Å². The van der Waals surface area contributed by atoms with E-state index in [0.717, 1.165) is 31.5 Å². The molecule has 1 N–H and O–H groups in total. The number of likely N-dealkylation sites (tertiary alicyclic amines) is 1. The van der Waals surface area contributed by atoms with E-state index in [2.05, 4.69) is 21.3 Å². The number of carboxylic acid groups (broad SMARTS) is 1. The molecule has 0 radical (unpaired) electrons. The number of ether oxygens (including phenoxy) is 1. The quantitative estimate of drug-likeness (QED) is 0.294. The van der Waals surface area contributed by atoms with Gasteiger partial charge >= 0.3 is 5.97 Å². The third-order valence-corrected chi connectivity index (χ3v) is 8.84. The van der Waals surface area contributed by atoms with E-state index in [-0.39, 0.29) is 30.2 Å². The lowest BCUT2D eigenvalue weighted by Crippen LogP contribution is -2.42. The summed E-state index contributed by atoms with van der Waals surface area (Å²) >= 11 is 3.54. The highest BCUT2D eigenvalue weighted by Gasteiger charge is 2.32. The summed E-state index contributed by atoms with van der Waals surface area (Å²) in [6, 6.07) is 9.17. The van der Waals surface area contributed by atoms with Gasteiger partial charge in [-0.1, -0.05) is 6.07 Å². The van der Waals surface area contributed by atoms with E-state index in [9.17, 15) is 14.3 Å². The first-order valence-corrected chi connectivity index (χ1v) is 13.7. The molecule has 35 heavy (non-hydrogen) atoms. The first kappa shape index (κ1) is 25.9. The second-order valence-corrected chi connectivity index (χ2v) is 11.3. The Morgan fingerprint density at radius 2 is 2.23 bits per heavy atom. The maximum Gasteiger partial charge on any atom is 0.303 e. The van der Waals surface area contributed by atoms with E-state index in [1.807, 2.05) is 17.8 Å². The maximum atomic E-state index is 15.4. The molecule has 188 valence electrons. The fraction of sp³-hybridized carbons (Fsp3) is 0.462. The van der Waals surface area contributed by atoms with Crippen molar-refractivity contribution < 1.29 is 23.4 Å². The average molecular weight is 521 g/mol. The number of thioether (sulfide) groups is 1. The Hall–Kier alpha value is -2.23. The SMILES string of the molecule is COc1ccc2ncc(F)c(C(F)CCC3CCN(CCSc4cccs4)CC3CC(=O)O)c2c1. The molecule has 1 aromatic carbocycles. The summed E-state index contributed by atoms with van der Waals surface area (Å²) in [5, 5.41) is 11.9. The van der Waals surface area contributed by atoms with Gasteiger partial charge in [0.15, 0.2) is 0 Å². The van der Waals surface area contributed by atoms with Crippen molar-refractivity contribution in [2.24, 2.45) is 11.8 Å². The third-order valence-electron chi connectivity index (χ3n) is 6.73. The Bertz CT molecular complexity index is 1130. The van der Waals surface area contributed by atoms with Crippen LogP contribution in [0.2, 0.25) is 0 Å². The van der Waals surface area contributed by atoms with Gasteiger partial charge in [-0.05, 0) is 67.3 Å². The van der Waals surface area contributed by atoms with Crippen LogP contribution in [-0.2, 0) is 4.79 Å². The van der Waals surface area contributed by atoms with Gasteiger partial charge < -0.3 is 14.7 Å². The molecule has 0 saturated carbocycles. The summed E-state index contributed by atoms with van der Waals surface area (Å²) in [7, 11) is 1.51. The summed E-state index contributed by atoms with van der Waals surface area (Å²) in [5.41, 5.74) is 0.522. The number of methoxy groups -OCH3 is 1. The molecule has 3 aromatic rings. The Balaban J connectivity index is 1.39. The van der Waals surface area contributed by atoms with E-state index >= 15 is 4.39 Å². The summed E-state index contributed by atoms with van der Waals surface area (Å²) in [4.78, 5) is 17.9. The summed E-state index contributed by atoms with van der Waals surface area (Å²) in [5.74, 6) is 0.0263. The van der Waals surface area contributed by atoms with Crippen LogP contribution in [0.1, 0.15) is 37.4 Å². The van der Waals surface area contributed by atoms with Gasteiger partial charge in [0, 0.05) is 36.2 Å². The van der Waals surface area contributed by atoms with Crippen LogP contribution in [0, 0.1) is 17.7 Å². The Morgan fingerprint density at radius 3 is 2.97 bits per heavy atom. The van der Waals surface area contributed by atoms with Gasteiger partial charge in [0.05, 0.1) is 23.0 Å². The Kier molecular flexibility index (Phi) is 8.97. The first-order valence-electron chi connectivity index (χ1n) is 11.8. The molecule has 0 amide bonds. The van der Waals surface area contributed by atoms with Crippen LogP contribution in [0.5, 0.6) is 5.75 Å². The summed E-state index contributed by atoms with van der Waals surface area (Å²) in [6.07, 6.45) is 1.11. The zero-order valence-corrected chi connectivity index (χ0v) is 21.3. The topological polar surface area (TPSA) is 62.7 Å². The number of aliphatic carboxylic acids is 1. The predicted molar refractivity (Wildman–Crippen MR) is 137 cm³/mol. The standard InChI is InChI=1S/C26H30F2N2O3S2/c1-33-19-5-7-23-20(14-19)26(22(28)15-29-23)21(27)6-4-17-8-9-30(16-18(17)13-24(31)32)10-12-35-25-3-2-11-34-25/h2-3,5,7,11,14-15,17-18,21H,4,6,8-10,12-13,16H2,1H3,(H,31,32). The molecule has 1 aliphatic rings. The fourth-order valence-corrected chi connectivity index (χ4v) is 6.80. The fourth-order valence-electron chi connectivity index (χ4n) is 4.93. The second kappa shape index (κ2) is 12.1. The molecule has 3 atom stereocenters. The number of hydrogen-bond acceptors (Lipinski definition) is 6. The van der Waals surface area contributed by atoms with Gasteiger partial charge in [-0.25, -0.2) is 8.78 Å². The van der Waals surface area contributed by atoms with Crippen LogP contribution in [0.15, 0.2) is 46.1 Å². The lowest BCUT2D eigenvalue weighted by Gasteiger charge is -2.38. The molecule has 0 aliphatic carbocycles. The minimum Gasteiger partial charge on any atom is -0.497 e. The second-order valence-electron chi connectivity index (χ2n) is 8.94. The van der Waals surface area contributed by atoms with E-state index < -0.39 is 18.0 Å². The molecule has 3 unspecified atom stereocenters. The van der Waals surface area contributed by atoms with Crippen LogP contribution in [0.25, 0.3) is 10.9 Å². The van der Waals surface area contributed by atoms with Crippen molar-refractivity contribution in [2.45, 2.75) is 36.1 Å². The molecule has 0 bridgehead atoms. The van der Waals surface area contributed by atoms with Crippen molar-refractivity contribution in [1.29, 1.82) is 0 Å². The predicted octanol–water partition coefficient (Wildman–Crippen LogP) is 6.44. The number of aromatic nitrogens is 1. The number of thiophene rings is 1. The van der Waals surface area contributed by atoms with Crippen molar-refractivity contribution in [2.75, 3.05) is 32.5 Å². The molecule has 5 nitrogen and oxygen atoms in total. The zero-order valence-electron chi connectivity index (χ0n) is 19.7. The van der Waals surface area contributed by atoms with E-state index in [1.54, 1.807) is 29.5 Å². The van der Waals surface area contributed by atoms with Gasteiger partial charge in [0.2, 0.25) is 0 Å². The number of alkyl halides is 1. The molecular formula is C26H30F2N2O3S2. The summed E-state index contributed by atoms with van der Waals surface area (Å²) < 4.78 is 36.6. The smallest absolute Gasteiger partial charge is 0.303 e. The molecule has 1 fully saturated rings. The average Bonchev–Trinajstić information content (AvgIpc) is 3.36. The van der Waals surface area contributed by atoms with E-state index in [4.69, 9.17) is 4.74 Å². The van der Waals surface area contributed by atoms with Crippen LogP contribution < -0.4 is 4.74 Å². The largest absolute Gasteiger partial charge is 0.497 e. The number of hydrogen-bond donors (Lipinski definition) is 1. The monoisotopic (exact) mass is 520 g/mol. The number of benzene rings is 1. The van der Waals surface area contributed by atoms with Crippen molar-refractivity contribution in [3.05, 3.63) is 53.3 Å². The Labute approximate surface area is 212 Å². The number of fused-ring (bicyclic) bond motifs is 1. The minimum atomic E-state index is -1.50. The van der Waals surface area contributed by atoms with Crippen LogP contribution in [0.4, 0.5) is 8.78 Å². The van der Waals surface area contributed by atoms with Crippen molar-refractivity contribution in [3.8, 4) is 5.75 Å². The third kappa shape index (κ3) is 6.71. The number of pyridine rings is 1. The number of carboxylic acids is 1. The number of nitrogens with zero attached hydrogens (tertiary/aromatic N) is 2.